The number of hydrogen-bond donors (Lipinski definition) is 1. The van der Waals surface area contributed by atoms with Crippen molar-refractivity contribution in [2.24, 2.45) is 7.05 Å². The van der Waals surface area contributed by atoms with Crippen molar-refractivity contribution in [3.8, 4) is 11.5 Å². The van der Waals surface area contributed by atoms with Crippen LogP contribution in [0, 0.1) is 0 Å². The molecule has 4 heterocycles. The van der Waals surface area contributed by atoms with Gasteiger partial charge in [0.2, 0.25) is 11.6 Å². The van der Waals surface area contributed by atoms with E-state index in [-0.39, 0.29) is 60.1 Å². The molecule has 2 aromatic carbocycles. The smallest absolute Gasteiger partial charge is 0.406 e. The molecule has 2 aliphatic rings. The van der Waals surface area contributed by atoms with Crippen LogP contribution < -0.4 is 9.47 Å². The second-order valence-electron chi connectivity index (χ2n) is 12.0. The first kappa shape index (κ1) is 39.0. The van der Waals surface area contributed by atoms with Crippen molar-refractivity contribution in [1.29, 1.82) is 0 Å². The Bertz CT molecular complexity index is 1780. The first-order valence-electron chi connectivity index (χ1n) is 16.4. The van der Waals surface area contributed by atoms with E-state index in [0.29, 0.717) is 63.2 Å². The molecule has 1 N–H and O–H groups in total. The number of ether oxygens (including phenoxy) is 4. The number of halogens is 6. The second-order valence-corrected chi connectivity index (χ2v) is 12.0. The number of carbonyl (C=O) groups is 2. The number of H-pyrrole nitrogens is 1. The van der Waals surface area contributed by atoms with Crippen LogP contribution in [0.1, 0.15) is 58.0 Å². The Morgan fingerprint density at radius 1 is 0.792 bits per heavy atom. The summed E-state index contributed by atoms with van der Waals surface area (Å²) in [5, 5.41) is 10.3. The Morgan fingerprint density at radius 2 is 1.28 bits per heavy atom. The number of alkyl halides is 6. The fourth-order valence-electron chi connectivity index (χ4n) is 5.81. The SMILES string of the molecule is Cn1cnc(C(=O)N(Cc2cccc(OC(F)(F)F)c2)C2CCOCC2)n1.O=C(c1ncn[nH]1)N(Cc1cccc(OC(F)(F)F)c1)C1CCOCC1. The van der Waals surface area contributed by atoms with Gasteiger partial charge >= 0.3 is 12.7 Å². The van der Waals surface area contributed by atoms with Crippen LogP contribution in [-0.2, 0) is 29.6 Å². The maximum absolute atomic E-state index is 12.9. The van der Waals surface area contributed by atoms with Crippen molar-refractivity contribution >= 4 is 11.8 Å². The molecule has 53 heavy (non-hydrogen) atoms. The van der Waals surface area contributed by atoms with Crippen molar-refractivity contribution in [3.05, 3.63) is 84.0 Å². The molecule has 0 atom stereocenters. The van der Waals surface area contributed by atoms with Crippen molar-refractivity contribution in [2.45, 2.75) is 63.6 Å². The zero-order valence-electron chi connectivity index (χ0n) is 28.3. The number of benzene rings is 2. The topological polar surface area (TPSA) is 150 Å². The normalized spacial score (nSPS) is 15.6. The van der Waals surface area contributed by atoms with Crippen LogP contribution in [0.15, 0.2) is 61.2 Å². The standard InChI is InChI=1S/C17H19F3N4O3.C16H17F3N4O3/c1-23-11-21-15(22-23)16(25)24(13-5-7-26-8-6-13)10-12-3-2-4-14(9-12)27-17(18,19)20;17-16(18,19)26-13-3-1-2-11(8-13)9-23(12-4-6-25-7-5-12)15(24)14-20-10-21-22-14/h2-4,9,11,13H,5-8,10H2,1H3;1-3,8,10,12H,4-7,9H2,(H,20,21,22). The van der Waals surface area contributed by atoms with Gasteiger partial charge in [-0.2, -0.15) is 5.10 Å². The minimum Gasteiger partial charge on any atom is -0.406 e. The van der Waals surface area contributed by atoms with Crippen molar-refractivity contribution in [2.75, 3.05) is 26.4 Å². The van der Waals surface area contributed by atoms with Crippen LogP contribution in [0.4, 0.5) is 26.3 Å². The molecule has 2 fully saturated rings. The number of amides is 2. The molecule has 6 rings (SSSR count). The molecule has 20 heteroatoms. The Hall–Kier alpha value is -5.24. The van der Waals surface area contributed by atoms with Gasteiger partial charge in [-0.3, -0.25) is 19.4 Å². The van der Waals surface area contributed by atoms with Crippen molar-refractivity contribution < 1.29 is 54.9 Å². The first-order valence-corrected chi connectivity index (χ1v) is 16.4. The summed E-state index contributed by atoms with van der Waals surface area (Å²) in [5.41, 5.74) is 1.04. The zero-order chi connectivity index (χ0) is 38.0. The Kier molecular flexibility index (Phi) is 12.9. The number of aryl methyl sites for hydroxylation is 1. The highest BCUT2D eigenvalue weighted by Gasteiger charge is 2.33. The number of rotatable bonds is 10. The molecule has 286 valence electrons. The van der Waals surface area contributed by atoms with Gasteiger partial charge in [0.25, 0.3) is 11.8 Å². The number of hydrogen-bond acceptors (Lipinski definition) is 10. The van der Waals surface area contributed by atoms with Crippen molar-refractivity contribution in [3.63, 3.8) is 0 Å². The molecular formula is C33H36F6N8O6. The van der Waals surface area contributed by atoms with Gasteiger partial charge in [-0.15, -0.1) is 31.4 Å². The molecule has 2 aromatic heterocycles. The van der Waals surface area contributed by atoms with Gasteiger partial charge in [0.15, 0.2) is 0 Å². The molecule has 2 amide bonds. The fraction of sp³-hybridized carbons (Fsp3) is 0.455. The van der Waals surface area contributed by atoms with Crippen LogP contribution in [0.2, 0.25) is 0 Å². The molecule has 0 spiro atoms. The van der Waals surface area contributed by atoms with Crippen LogP contribution in [0.25, 0.3) is 0 Å². The number of aromatic amines is 1. The Balaban J connectivity index is 0.000000204. The number of nitrogens with one attached hydrogen (secondary N) is 1. The summed E-state index contributed by atoms with van der Waals surface area (Å²) in [6, 6.07) is 11.0. The van der Waals surface area contributed by atoms with E-state index < -0.39 is 12.7 Å². The van der Waals surface area contributed by atoms with E-state index in [2.05, 4.69) is 34.7 Å². The summed E-state index contributed by atoms with van der Waals surface area (Å²) in [5.74, 6) is -1.25. The third kappa shape index (κ3) is 11.9. The first-order chi connectivity index (χ1) is 25.2. The quantitative estimate of drug-likeness (QED) is 0.218. The summed E-state index contributed by atoms with van der Waals surface area (Å²) in [7, 11) is 1.65. The van der Waals surface area contributed by atoms with Gasteiger partial charge in [-0.1, -0.05) is 24.3 Å². The highest BCUT2D eigenvalue weighted by Crippen LogP contribution is 2.27. The second kappa shape index (κ2) is 17.5. The predicted molar refractivity (Wildman–Crippen MR) is 171 cm³/mol. The van der Waals surface area contributed by atoms with Gasteiger partial charge < -0.3 is 28.7 Å². The summed E-state index contributed by atoms with van der Waals surface area (Å²) in [4.78, 5) is 36.7. The maximum Gasteiger partial charge on any atom is 0.573 e. The van der Waals surface area contributed by atoms with Crippen LogP contribution in [0.3, 0.4) is 0 Å². The van der Waals surface area contributed by atoms with E-state index >= 15 is 0 Å². The minimum atomic E-state index is -4.77. The summed E-state index contributed by atoms with van der Waals surface area (Å²) >= 11 is 0. The van der Waals surface area contributed by atoms with E-state index in [4.69, 9.17) is 9.47 Å². The number of nitrogens with zero attached hydrogens (tertiary/aromatic N) is 7. The molecule has 0 aliphatic carbocycles. The third-order valence-electron chi connectivity index (χ3n) is 8.16. The molecule has 0 saturated carbocycles. The summed E-state index contributed by atoms with van der Waals surface area (Å²) in [6.07, 6.45) is -4.34. The highest BCUT2D eigenvalue weighted by molar-refractivity contribution is 5.91. The maximum atomic E-state index is 12.9. The minimum absolute atomic E-state index is 0.0479. The lowest BCUT2D eigenvalue weighted by Crippen LogP contribution is -2.43. The summed E-state index contributed by atoms with van der Waals surface area (Å²) < 4.78 is 94.6. The molecule has 0 bridgehead atoms. The average molecular weight is 755 g/mol. The largest absolute Gasteiger partial charge is 0.573 e. The molecule has 14 nitrogen and oxygen atoms in total. The Labute approximate surface area is 299 Å². The van der Waals surface area contributed by atoms with E-state index in [1.165, 1.54) is 53.7 Å². The zero-order valence-corrected chi connectivity index (χ0v) is 28.3. The third-order valence-corrected chi connectivity index (χ3v) is 8.16. The van der Waals surface area contributed by atoms with Gasteiger partial charge in [0.05, 0.1) is 0 Å². The lowest BCUT2D eigenvalue weighted by atomic mass is 10.1. The van der Waals surface area contributed by atoms with Crippen molar-refractivity contribution in [1.82, 2.24) is 39.7 Å². The molecule has 2 aliphatic heterocycles. The number of carbonyl (C=O) groups excluding carboxylic acids is 2. The van der Waals surface area contributed by atoms with Crippen LogP contribution in [0.5, 0.6) is 11.5 Å². The molecular weight excluding hydrogens is 718 g/mol. The highest BCUT2D eigenvalue weighted by atomic mass is 19.4. The lowest BCUT2D eigenvalue weighted by molar-refractivity contribution is -0.275. The van der Waals surface area contributed by atoms with Gasteiger partial charge in [0.1, 0.15) is 24.2 Å². The molecule has 0 unspecified atom stereocenters. The average Bonchev–Trinajstić information content (AvgIpc) is 3.82. The van der Waals surface area contributed by atoms with Crippen LogP contribution >= 0.6 is 0 Å². The summed E-state index contributed by atoms with van der Waals surface area (Å²) in [6.45, 7) is 2.31. The van der Waals surface area contributed by atoms with E-state index in [9.17, 15) is 35.9 Å². The van der Waals surface area contributed by atoms with Crippen LogP contribution in [-0.4, -0.2) is 103 Å². The fourth-order valence-corrected chi connectivity index (χ4v) is 5.81. The van der Waals surface area contributed by atoms with E-state index in [0.717, 1.165) is 0 Å². The molecule has 0 radical (unpaired) electrons. The van der Waals surface area contributed by atoms with Gasteiger partial charge in [0, 0.05) is 58.6 Å². The number of aromatic nitrogens is 6. The monoisotopic (exact) mass is 754 g/mol. The van der Waals surface area contributed by atoms with Gasteiger partial charge in [-0.05, 0) is 61.1 Å². The van der Waals surface area contributed by atoms with Gasteiger partial charge in [-0.25, -0.2) is 9.97 Å². The molecule has 2 saturated heterocycles. The lowest BCUT2D eigenvalue weighted by Gasteiger charge is -2.34. The Morgan fingerprint density at radius 3 is 1.70 bits per heavy atom. The predicted octanol–water partition coefficient (Wildman–Crippen LogP) is 5.06. The molecule has 4 aromatic rings. The van der Waals surface area contributed by atoms with E-state index in [1.807, 2.05) is 0 Å². The van der Waals surface area contributed by atoms with E-state index in [1.54, 1.807) is 29.0 Å².